The fourth-order valence-corrected chi connectivity index (χ4v) is 1.95. The van der Waals surface area contributed by atoms with Crippen LogP contribution < -0.4 is 10.5 Å². The van der Waals surface area contributed by atoms with Crippen molar-refractivity contribution in [2.24, 2.45) is 5.92 Å². The molecule has 0 bridgehead atoms. The third-order valence-corrected chi connectivity index (χ3v) is 2.79. The van der Waals surface area contributed by atoms with Gasteiger partial charge in [-0.1, -0.05) is 0 Å². The zero-order valence-electron chi connectivity index (χ0n) is 8.72. The summed E-state index contributed by atoms with van der Waals surface area (Å²) in [5, 5.41) is 14.9. The number of carboxylic acids is 1. The highest BCUT2D eigenvalue weighted by Gasteiger charge is 2.25. The maximum absolute atomic E-state index is 11.1. The van der Waals surface area contributed by atoms with Crippen molar-refractivity contribution in [2.75, 3.05) is 18.0 Å². The van der Waals surface area contributed by atoms with E-state index < -0.39 is 5.97 Å². The molecule has 1 aromatic heterocycles. The SMILES string of the molecule is O=C(O)C1CCCN(c2cn[nH]c(=O)c2)C1. The van der Waals surface area contributed by atoms with E-state index in [1.807, 2.05) is 4.90 Å². The number of hydrogen-bond acceptors (Lipinski definition) is 4. The van der Waals surface area contributed by atoms with Gasteiger partial charge in [0.2, 0.25) is 0 Å². The number of carbonyl (C=O) groups is 1. The molecule has 6 nitrogen and oxygen atoms in total. The van der Waals surface area contributed by atoms with E-state index in [9.17, 15) is 9.59 Å². The highest BCUT2D eigenvalue weighted by Crippen LogP contribution is 2.21. The maximum Gasteiger partial charge on any atom is 0.308 e. The standard InChI is InChI=1S/C10H13N3O3/c14-9-4-8(5-11-12-9)13-3-1-2-7(6-13)10(15)16/h4-5,7H,1-3,6H2,(H,12,14)(H,15,16). The number of rotatable bonds is 2. The first kappa shape index (κ1) is 10.7. The molecule has 2 rings (SSSR count). The van der Waals surface area contributed by atoms with Crippen LogP contribution in [0.25, 0.3) is 0 Å². The first-order valence-electron chi connectivity index (χ1n) is 5.19. The van der Waals surface area contributed by atoms with Crippen molar-refractivity contribution in [3.8, 4) is 0 Å². The van der Waals surface area contributed by atoms with Gasteiger partial charge in [0.1, 0.15) is 0 Å². The van der Waals surface area contributed by atoms with Gasteiger partial charge >= 0.3 is 5.97 Å². The molecule has 6 heteroatoms. The summed E-state index contributed by atoms with van der Waals surface area (Å²) in [7, 11) is 0. The van der Waals surface area contributed by atoms with Crippen LogP contribution in [-0.4, -0.2) is 34.4 Å². The molecule has 0 amide bonds. The molecule has 2 heterocycles. The zero-order chi connectivity index (χ0) is 11.5. The van der Waals surface area contributed by atoms with Crippen molar-refractivity contribution < 1.29 is 9.90 Å². The van der Waals surface area contributed by atoms with Gasteiger partial charge < -0.3 is 10.0 Å². The molecule has 1 saturated heterocycles. The quantitative estimate of drug-likeness (QED) is 0.741. The van der Waals surface area contributed by atoms with Crippen molar-refractivity contribution in [1.82, 2.24) is 10.2 Å². The molecule has 1 aromatic rings. The van der Waals surface area contributed by atoms with Gasteiger partial charge in [-0.15, -0.1) is 0 Å². The van der Waals surface area contributed by atoms with Crippen LogP contribution in [0.3, 0.4) is 0 Å². The van der Waals surface area contributed by atoms with Gasteiger partial charge in [-0.05, 0) is 12.8 Å². The summed E-state index contributed by atoms with van der Waals surface area (Å²) < 4.78 is 0. The van der Waals surface area contributed by atoms with Crippen LogP contribution in [-0.2, 0) is 4.79 Å². The average molecular weight is 223 g/mol. The van der Waals surface area contributed by atoms with Crippen LogP contribution in [0, 0.1) is 5.92 Å². The Kier molecular flexibility index (Phi) is 2.89. The van der Waals surface area contributed by atoms with Gasteiger partial charge in [0, 0.05) is 19.2 Å². The van der Waals surface area contributed by atoms with Gasteiger partial charge in [-0.2, -0.15) is 5.10 Å². The lowest BCUT2D eigenvalue weighted by molar-refractivity contribution is -0.141. The molecule has 86 valence electrons. The normalized spacial score (nSPS) is 20.8. The van der Waals surface area contributed by atoms with Gasteiger partial charge in [-0.3, -0.25) is 9.59 Å². The number of aromatic amines is 1. The molecule has 1 atom stereocenters. The number of H-pyrrole nitrogens is 1. The molecule has 0 aromatic carbocycles. The van der Waals surface area contributed by atoms with E-state index in [0.29, 0.717) is 18.7 Å². The third-order valence-electron chi connectivity index (χ3n) is 2.79. The van der Waals surface area contributed by atoms with Crippen LogP contribution in [0.5, 0.6) is 0 Å². The monoisotopic (exact) mass is 223 g/mol. The Hall–Kier alpha value is -1.85. The molecule has 0 spiro atoms. The lowest BCUT2D eigenvalue weighted by atomic mass is 9.98. The minimum atomic E-state index is -0.775. The highest BCUT2D eigenvalue weighted by molar-refractivity contribution is 5.71. The predicted molar refractivity (Wildman–Crippen MR) is 57.4 cm³/mol. The van der Waals surface area contributed by atoms with Gasteiger partial charge in [0.05, 0.1) is 17.8 Å². The second-order valence-electron chi connectivity index (χ2n) is 3.93. The largest absolute Gasteiger partial charge is 0.481 e. The summed E-state index contributed by atoms with van der Waals surface area (Å²) in [6.45, 7) is 1.22. The van der Waals surface area contributed by atoms with Crippen LogP contribution in [0.15, 0.2) is 17.1 Å². The van der Waals surface area contributed by atoms with E-state index in [1.165, 1.54) is 6.07 Å². The van der Waals surface area contributed by atoms with Crippen molar-refractivity contribution in [3.05, 3.63) is 22.6 Å². The van der Waals surface area contributed by atoms with Crippen molar-refractivity contribution in [1.29, 1.82) is 0 Å². The van der Waals surface area contributed by atoms with Gasteiger partial charge in [0.15, 0.2) is 0 Å². The highest BCUT2D eigenvalue weighted by atomic mass is 16.4. The smallest absolute Gasteiger partial charge is 0.308 e. The number of aliphatic carboxylic acids is 1. The summed E-state index contributed by atoms with van der Waals surface area (Å²) in [4.78, 5) is 23.9. The summed E-state index contributed by atoms with van der Waals surface area (Å²) in [6.07, 6.45) is 3.07. The number of nitrogens with one attached hydrogen (secondary N) is 1. The van der Waals surface area contributed by atoms with Gasteiger partial charge in [0.25, 0.3) is 5.56 Å². The molecule has 0 radical (unpaired) electrons. The molecule has 1 aliphatic rings. The van der Waals surface area contributed by atoms with E-state index in [-0.39, 0.29) is 11.5 Å². The molecular weight excluding hydrogens is 210 g/mol. The Bertz CT molecular complexity index is 443. The second kappa shape index (κ2) is 4.34. The summed E-state index contributed by atoms with van der Waals surface area (Å²) in [6, 6.07) is 1.44. The first-order valence-corrected chi connectivity index (χ1v) is 5.19. The minimum absolute atomic E-state index is 0.269. The summed E-state index contributed by atoms with van der Waals surface area (Å²) in [5.41, 5.74) is 0.421. The van der Waals surface area contributed by atoms with Crippen LogP contribution in [0.1, 0.15) is 12.8 Å². The lowest BCUT2D eigenvalue weighted by Gasteiger charge is -2.31. The topological polar surface area (TPSA) is 86.3 Å². The molecular formula is C10H13N3O3. The Morgan fingerprint density at radius 1 is 1.62 bits per heavy atom. The molecule has 16 heavy (non-hydrogen) atoms. The predicted octanol–water partition coefficient (Wildman–Crippen LogP) is 0.0709. The second-order valence-corrected chi connectivity index (χ2v) is 3.93. The number of carboxylic acid groups (broad SMARTS) is 1. The Labute approximate surface area is 91.9 Å². The van der Waals surface area contributed by atoms with Crippen molar-refractivity contribution in [2.45, 2.75) is 12.8 Å². The lowest BCUT2D eigenvalue weighted by Crippen LogP contribution is -2.39. The summed E-state index contributed by atoms with van der Waals surface area (Å²) >= 11 is 0. The van der Waals surface area contributed by atoms with E-state index in [2.05, 4.69) is 10.2 Å². The van der Waals surface area contributed by atoms with E-state index in [1.54, 1.807) is 6.20 Å². The van der Waals surface area contributed by atoms with Gasteiger partial charge in [-0.25, -0.2) is 5.10 Å². The van der Waals surface area contributed by atoms with E-state index in [4.69, 9.17) is 5.11 Å². The zero-order valence-corrected chi connectivity index (χ0v) is 8.72. The number of hydrogen-bond donors (Lipinski definition) is 2. The number of anilines is 1. The van der Waals surface area contributed by atoms with Crippen LogP contribution in [0.4, 0.5) is 5.69 Å². The molecule has 0 saturated carbocycles. The Morgan fingerprint density at radius 2 is 2.44 bits per heavy atom. The summed E-state index contributed by atoms with van der Waals surface area (Å²) in [5.74, 6) is -1.13. The van der Waals surface area contributed by atoms with E-state index in [0.717, 1.165) is 13.0 Å². The minimum Gasteiger partial charge on any atom is -0.481 e. The Morgan fingerprint density at radius 3 is 3.12 bits per heavy atom. The number of nitrogens with zero attached hydrogens (tertiary/aromatic N) is 2. The molecule has 2 N–H and O–H groups in total. The average Bonchev–Trinajstić information content (AvgIpc) is 2.29. The maximum atomic E-state index is 11.1. The molecule has 0 aliphatic carbocycles. The number of aromatic nitrogens is 2. The third kappa shape index (κ3) is 2.21. The molecule has 1 fully saturated rings. The first-order chi connectivity index (χ1) is 7.66. The van der Waals surface area contributed by atoms with Crippen molar-refractivity contribution in [3.63, 3.8) is 0 Å². The fourth-order valence-electron chi connectivity index (χ4n) is 1.95. The van der Waals surface area contributed by atoms with Crippen molar-refractivity contribution >= 4 is 11.7 Å². The molecule has 1 unspecified atom stereocenters. The fraction of sp³-hybridized carbons (Fsp3) is 0.500. The molecule has 1 aliphatic heterocycles. The number of piperidine rings is 1. The van der Waals surface area contributed by atoms with E-state index >= 15 is 0 Å². The van der Waals surface area contributed by atoms with Crippen LogP contribution in [0.2, 0.25) is 0 Å². The van der Waals surface area contributed by atoms with Crippen LogP contribution >= 0.6 is 0 Å². The Balaban J connectivity index is 2.15.